The molecular formula is C98H169NO8. The number of quaternary nitrogens is 1. The molecule has 0 spiro atoms. The van der Waals surface area contributed by atoms with Gasteiger partial charge in [0.1, 0.15) is 13.2 Å². The average Bonchev–Trinajstić information content (AvgIpc) is 0.965. The number of allylic oxidation sites excluding steroid dienone is 24. The molecule has 9 nitrogen and oxygen atoms in total. The van der Waals surface area contributed by atoms with Gasteiger partial charge in [-0.2, -0.15) is 0 Å². The number of esters is 2. The van der Waals surface area contributed by atoms with E-state index in [1.54, 1.807) is 0 Å². The van der Waals surface area contributed by atoms with E-state index in [-0.39, 0.29) is 32.2 Å². The van der Waals surface area contributed by atoms with Crippen LogP contribution in [0.2, 0.25) is 0 Å². The molecule has 0 aliphatic heterocycles. The number of hydrogen-bond donors (Lipinski definition) is 0. The maximum Gasteiger partial charge on any atom is 0.306 e. The molecule has 0 aliphatic carbocycles. The van der Waals surface area contributed by atoms with E-state index < -0.39 is 24.3 Å². The number of likely N-dealkylation sites (N-methyl/N-ethyl adjacent to an activating group) is 1. The van der Waals surface area contributed by atoms with Gasteiger partial charge in [-0.15, -0.1) is 0 Å². The van der Waals surface area contributed by atoms with Gasteiger partial charge in [0.2, 0.25) is 0 Å². The van der Waals surface area contributed by atoms with E-state index in [2.05, 4.69) is 160 Å². The van der Waals surface area contributed by atoms with Crippen molar-refractivity contribution >= 4 is 17.9 Å². The Labute approximate surface area is 662 Å². The molecule has 0 rings (SSSR count). The highest BCUT2D eigenvalue weighted by Gasteiger charge is 2.22. The standard InChI is InChI=1S/C98H169NO8/c1-6-8-10-12-14-16-18-20-22-24-26-28-30-32-34-36-38-40-42-44-46-48-50-52-54-56-58-60-62-64-66-68-70-72-74-76-78-80-82-84-86-88-95(100)105-92-94(93-106-98(97(102)103)104-91-90-99(3,4)5)107-96(101)89-87-85-83-81-79-77-75-73-71-69-67-65-63-61-59-57-55-53-51-49-47-45-43-41-39-37-35-33-31-29-27-25-23-21-19-17-15-13-11-9-7-2/h8-11,14-17,20-23,26-29,33,35,39,41,45,47,51,53,94,98H,6-7,12-13,18-19,24-25,30-32,34,36-38,40,42-44,46,48-50,52,54-93H2,1-5H3/b10-8-,11-9-,16-14-,17-15-,22-20-,23-21-,28-26-,29-27-,35-33-,41-39-,47-45-,53-51-. The molecule has 0 radical (unpaired) electrons. The monoisotopic (exact) mass is 1490 g/mol. The molecule has 0 saturated heterocycles. The fourth-order valence-corrected chi connectivity index (χ4v) is 12.8. The molecule has 9 heteroatoms. The summed E-state index contributed by atoms with van der Waals surface area (Å²) in [4.78, 5) is 37.7. The van der Waals surface area contributed by atoms with Crippen LogP contribution >= 0.6 is 0 Å². The molecule has 0 bridgehead atoms. The number of hydrogen-bond acceptors (Lipinski definition) is 8. The number of carbonyl (C=O) groups is 3. The highest BCUT2D eigenvalue weighted by molar-refractivity contribution is 5.70. The Balaban J connectivity index is 3.95. The van der Waals surface area contributed by atoms with E-state index in [1.807, 2.05) is 21.1 Å². The number of carboxylic acids is 1. The van der Waals surface area contributed by atoms with Gasteiger partial charge in [0.15, 0.2) is 12.4 Å². The Bertz CT molecular complexity index is 2290. The second kappa shape index (κ2) is 86.8. The van der Waals surface area contributed by atoms with Crippen molar-refractivity contribution in [3.63, 3.8) is 0 Å². The van der Waals surface area contributed by atoms with E-state index in [0.29, 0.717) is 23.9 Å². The summed E-state index contributed by atoms with van der Waals surface area (Å²) < 4.78 is 22.9. The second-order valence-electron chi connectivity index (χ2n) is 31.1. The van der Waals surface area contributed by atoms with Crippen LogP contribution in [0.25, 0.3) is 0 Å². The molecule has 2 unspecified atom stereocenters. The molecular weight excluding hydrogens is 1320 g/mol. The lowest BCUT2D eigenvalue weighted by Crippen LogP contribution is -2.44. The molecule has 0 amide bonds. The zero-order valence-corrected chi connectivity index (χ0v) is 70.5. The van der Waals surface area contributed by atoms with Crippen LogP contribution in [-0.4, -0.2) is 82.3 Å². The Kier molecular flexibility index (Phi) is 82.8. The minimum atomic E-state index is -1.63. The van der Waals surface area contributed by atoms with E-state index in [4.69, 9.17) is 18.9 Å². The zero-order valence-electron chi connectivity index (χ0n) is 70.5. The highest BCUT2D eigenvalue weighted by Crippen LogP contribution is 2.20. The molecule has 0 fully saturated rings. The number of nitrogens with zero attached hydrogens (tertiary/aromatic N) is 1. The van der Waals surface area contributed by atoms with Crippen molar-refractivity contribution in [2.45, 2.75) is 411 Å². The van der Waals surface area contributed by atoms with Gasteiger partial charge in [-0.25, -0.2) is 0 Å². The Morgan fingerprint density at radius 3 is 0.748 bits per heavy atom. The van der Waals surface area contributed by atoms with Crippen molar-refractivity contribution in [2.24, 2.45) is 0 Å². The van der Waals surface area contributed by atoms with Gasteiger partial charge >= 0.3 is 11.9 Å². The molecule has 0 aromatic carbocycles. The van der Waals surface area contributed by atoms with Crippen LogP contribution in [0.5, 0.6) is 0 Å². The van der Waals surface area contributed by atoms with Crippen molar-refractivity contribution < 1.29 is 42.9 Å². The first-order chi connectivity index (χ1) is 52.6. The number of aliphatic carboxylic acids is 1. The van der Waals surface area contributed by atoms with E-state index in [1.165, 1.54) is 250 Å². The van der Waals surface area contributed by atoms with Crippen LogP contribution in [0.3, 0.4) is 0 Å². The summed E-state index contributed by atoms with van der Waals surface area (Å²) >= 11 is 0. The smallest absolute Gasteiger partial charge is 0.306 e. The molecule has 107 heavy (non-hydrogen) atoms. The van der Waals surface area contributed by atoms with E-state index in [9.17, 15) is 19.5 Å². The Morgan fingerprint density at radius 2 is 0.505 bits per heavy atom. The van der Waals surface area contributed by atoms with Crippen LogP contribution in [0, 0.1) is 0 Å². The third-order valence-electron chi connectivity index (χ3n) is 19.6. The van der Waals surface area contributed by atoms with Crippen molar-refractivity contribution in [3.05, 3.63) is 146 Å². The van der Waals surface area contributed by atoms with Crippen LogP contribution in [0.15, 0.2) is 146 Å². The van der Waals surface area contributed by atoms with E-state index >= 15 is 0 Å². The molecule has 0 saturated carbocycles. The summed E-state index contributed by atoms with van der Waals surface area (Å²) in [6.45, 7) is 4.57. The first kappa shape index (κ1) is 102. The lowest BCUT2D eigenvalue weighted by atomic mass is 10.0. The van der Waals surface area contributed by atoms with Crippen LogP contribution in [0.4, 0.5) is 0 Å². The van der Waals surface area contributed by atoms with Crippen LogP contribution < -0.4 is 5.11 Å². The third kappa shape index (κ3) is 88.3. The number of rotatable bonds is 83. The quantitative estimate of drug-likeness (QED) is 0.0195. The van der Waals surface area contributed by atoms with Crippen LogP contribution in [0.1, 0.15) is 399 Å². The lowest BCUT2D eigenvalue weighted by molar-refractivity contribution is -0.870. The minimum Gasteiger partial charge on any atom is -0.545 e. The van der Waals surface area contributed by atoms with E-state index in [0.717, 1.165) is 116 Å². The van der Waals surface area contributed by atoms with Gasteiger partial charge in [0.25, 0.3) is 0 Å². The number of unbranched alkanes of at least 4 members (excludes halogenated alkanes) is 44. The van der Waals surface area contributed by atoms with Crippen molar-refractivity contribution in [2.75, 3.05) is 47.5 Å². The van der Waals surface area contributed by atoms with Crippen molar-refractivity contribution in [3.8, 4) is 0 Å². The van der Waals surface area contributed by atoms with Crippen molar-refractivity contribution in [1.29, 1.82) is 0 Å². The topological polar surface area (TPSA) is 111 Å². The molecule has 0 aromatic rings. The van der Waals surface area contributed by atoms with Gasteiger partial charge in [-0.3, -0.25) is 9.59 Å². The summed E-state index contributed by atoms with van der Waals surface area (Å²) in [5.74, 6) is -2.26. The highest BCUT2D eigenvalue weighted by atomic mass is 16.7. The maximum atomic E-state index is 13.0. The zero-order chi connectivity index (χ0) is 77.4. The molecule has 2 atom stereocenters. The first-order valence-electron chi connectivity index (χ1n) is 45.0. The Morgan fingerprint density at radius 1 is 0.280 bits per heavy atom. The van der Waals surface area contributed by atoms with Gasteiger partial charge in [0, 0.05) is 12.8 Å². The molecule has 0 aliphatic rings. The molecule has 614 valence electrons. The predicted molar refractivity (Wildman–Crippen MR) is 462 cm³/mol. The minimum absolute atomic E-state index is 0.146. The summed E-state index contributed by atoms with van der Waals surface area (Å²) in [7, 11) is 5.95. The Hall–Kier alpha value is -4.83. The largest absolute Gasteiger partial charge is 0.545 e. The summed E-state index contributed by atoms with van der Waals surface area (Å²) in [5.41, 5.74) is 0. The average molecular weight is 1490 g/mol. The fraction of sp³-hybridized carbons (Fsp3) is 0.724. The number of carbonyl (C=O) groups excluding carboxylic acids is 3. The van der Waals surface area contributed by atoms with Gasteiger partial charge in [-0.05, 0) is 116 Å². The van der Waals surface area contributed by atoms with Gasteiger partial charge in [0.05, 0.1) is 40.3 Å². The summed E-state index contributed by atoms with van der Waals surface area (Å²) in [6, 6.07) is 0. The van der Waals surface area contributed by atoms with Crippen molar-refractivity contribution in [1.82, 2.24) is 0 Å². The normalized spacial score (nSPS) is 13.3. The number of ether oxygens (including phenoxy) is 4. The number of carboxylic acid groups (broad SMARTS) is 1. The maximum absolute atomic E-state index is 13.0. The summed E-state index contributed by atoms with van der Waals surface area (Å²) in [6.07, 6.45) is 124. The first-order valence-corrected chi connectivity index (χ1v) is 45.0. The molecule has 0 N–H and O–H groups in total. The third-order valence-corrected chi connectivity index (χ3v) is 19.6. The van der Waals surface area contributed by atoms with Gasteiger partial charge in [-0.1, -0.05) is 417 Å². The van der Waals surface area contributed by atoms with Crippen LogP contribution in [-0.2, 0) is 33.3 Å². The second-order valence-corrected chi connectivity index (χ2v) is 31.1. The molecule has 0 heterocycles. The van der Waals surface area contributed by atoms with Gasteiger partial charge < -0.3 is 33.3 Å². The lowest BCUT2D eigenvalue weighted by Gasteiger charge is -2.26. The fourth-order valence-electron chi connectivity index (χ4n) is 12.8. The molecule has 0 aromatic heterocycles. The summed E-state index contributed by atoms with van der Waals surface area (Å²) in [5, 5.41) is 11.9. The SMILES string of the molecule is CC/C=C\C/C=C\C/C=C\C/C=C\C/C=C\C/C=C\C/C=C\C/C=C\CCCCCCCCCCCCCCCCCCC(=O)OC(COC(=O)CCCCCCCCCCCCCCCCCCCCCCCCCCCCCC/C=C\C/C=C\C/C=C\C/C=C\CC)COC(OCC[N+](C)(C)C)C(=O)[O-]. The predicted octanol–water partition coefficient (Wildman–Crippen LogP) is 28.4.